The number of fused-ring (bicyclic) bond motifs is 3. The van der Waals surface area contributed by atoms with Gasteiger partial charge in [-0.25, -0.2) is 4.79 Å². The van der Waals surface area contributed by atoms with Gasteiger partial charge in [-0.3, -0.25) is 9.59 Å². The zero-order valence-corrected chi connectivity index (χ0v) is 17.8. The van der Waals surface area contributed by atoms with Crippen molar-refractivity contribution in [2.24, 2.45) is 0 Å². The number of carbonyl (C=O) groups excluding carboxylic acids is 2. The first-order valence-corrected chi connectivity index (χ1v) is 10.6. The van der Waals surface area contributed by atoms with E-state index in [1.807, 2.05) is 43.3 Å². The lowest BCUT2D eigenvalue weighted by molar-refractivity contribution is -0.141. The van der Waals surface area contributed by atoms with Gasteiger partial charge in [0.05, 0.1) is 0 Å². The van der Waals surface area contributed by atoms with E-state index in [4.69, 9.17) is 9.84 Å². The molecule has 0 heterocycles. The molecule has 2 amide bonds. The van der Waals surface area contributed by atoms with Crippen LogP contribution < -0.4 is 10.6 Å². The lowest BCUT2D eigenvalue weighted by atomic mass is 9.98. The van der Waals surface area contributed by atoms with Gasteiger partial charge in [-0.15, -0.1) is 0 Å². The van der Waals surface area contributed by atoms with Crippen LogP contribution in [0.25, 0.3) is 11.1 Å². The van der Waals surface area contributed by atoms with E-state index in [0.717, 1.165) is 28.7 Å². The summed E-state index contributed by atoms with van der Waals surface area (Å²) in [5, 5.41) is 14.0. The van der Waals surface area contributed by atoms with Crippen LogP contribution in [0.4, 0.5) is 4.79 Å². The highest BCUT2D eigenvalue weighted by Crippen LogP contribution is 2.44. The summed E-state index contributed by atoms with van der Waals surface area (Å²) in [6.45, 7) is 3.50. The molecule has 0 saturated carbocycles. The number of ether oxygens (including phenoxy) is 1. The number of carbonyl (C=O) groups is 3. The number of carboxylic acids is 1. The summed E-state index contributed by atoms with van der Waals surface area (Å²) in [5.74, 6) is -1.74. The van der Waals surface area contributed by atoms with Crippen LogP contribution in [0.1, 0.15) is 50.2 Å². The molecule has 7 nitrogen and oxygen atoms in total. The predicted molar refractivity (Wildman–Crippen MR) is 117 cm³/mol. The van der Waals surface area contributed by atoms with Gasteiger partial charge in [0.15, 0.2) is 0 Å². The van der Waals surface area contributed by atoms with E-state index in [2.05, 4.69) is 22.8 Å². The van der Waals surface area contributed by atoms with Crippen LogP contribution in [0.15, 0.2) is 48.5 Å². The van der Waals surface area contributed by atoms with E-state index >= 15 is 0 Å². The predicted octanol–water partition coefficient (Wildman–Crippen LogP) is 3.67. The van der Waals surface area contributed by atoms with E-state index in [-0.39, 0.29) is 12.5 Å². The Hall–Kier alpha value is -3.35. The Morgan fingerprint density at radius 3 is 2.13 bits per heavy atom. The molecule has 0 fully saturated rings. The fraction of sp³-hybridized carbons (Fsp3) is 0.375. The Balaban J connectivity index is 1.65. The fourth-order valence-corrected chi connectivity index (χ4v) is 3.84. The summed E-state index contributed by atoms with van der Waals surface area (Å²) in [6.07, 6.45) is 1.26. The summed E-state index contributed by atoms with van der Waals surface area (Å²) in [6, 6.07) is 14.2. The maximum absolute atomic E-state index is 12.5. The number of unbranched alkanes of at least 4 members (excludes halogenated alkanes) is 1. The van der Waals surface area contributed by atoms with Gasteiger partial charge in [-0.05, 0) is 35.6 Å². The third-order valence-corrected chi connectivity index (χ3v) is 5.53. The smallest absolute Gasteiger partial charge is 0.407 e. The molecule has 0 unspecified atom stereocenters. The molecule has 0 aliphatic heterocycles. The van der Waals surface area contributed by atoms with Gasteiger partial charge in [0.25, 0.3) is 0 Å². The highest BCUT2D eigenvalue weighted by atomic mass is 16.5. The minimum Gasteiger partial charge on any atom is -0.480 e. The lowest BCUT2D eigenvalue weighted by Crippen LogP contribution is -2.50. The largest absolute Gasteiger partial charge is 0.480 e. The van der Waals surface area contributed by atoms with E-state index in [9.17, 15) is 14.4 Å². The van der Waals surface area contributed by atoms with Crippen molar-refractivity contribution in [3.8, 4) is 11.1 Å². The summed E-state index contributed by atoms with van der Waals surface area (Å²) in [5.41, 5.74) is 4.48. The standard InChI is InChI=1S/C24H28N2O5/c1-3-4-13-21(22(27)25-15(2)23(28)29)26-24(30)31-14-20-18-11-7-5-9-16(18)17-10-6-8-12-19(17)20/h5-12,15,20-21H,3-4,13-14H2,1-2H3,(H,25,27)(H,26,30)(H,28,29)/t15-,21-/m0/s1. The number of alkyl carbamates (subject to hydrolysis) is 1. The summed E-state index contributed by atoms with van der Waals surface area (Å²) < 4.78 is 5.51. The van der Waals surface area contributed by atoms with Gasteiger partial charge in [-0.1, -0.05) is 68.3 Å². The number of hydrogen-bond acceptors (Lipinski definition) is 4. The molecule has 2 atom stereocenters. The first-order chi connectivity index (χ1) is 14.9. The molecular weight excluding hydrogens is 396 g/mol. The lowest BCUT2D eigenvalue weighted by Gasteiger charge is -2.20. The van der Waals surface area contributed by atoms with Crippen LogP contribution in [-0.4, -0.2) is 41.8 Å². The molecule has 0 radical (unpaired) electrons. The number of carboxylic acid groups (broad SMARTS) is 1. The maximum Gasteiger partial charge on any atom is 0.407 e. The molecule has 31 heavy (non-hydrogen) atoms. The van der Waals surface area contributed by atoms with Crippen molar-refractivity contribution in [1.82, 2.24) is 10.6 Å². The topological polar surface area (TPSA) is 105 Å². The van der Waals surface area contributed by atoms with E-state index in [0.29, 0.717) is 12.8 Å². The normalized spacial score (nSPS) is 14.1. The van der Waals surface area contributed by atoms with Crippen molar-refractivity contribution in [1.29, 1.82) is 0 Å². The molecule has 0 saturated heterocycles. The second-order valence-electron chi connectivity index (χ2n) is 7.73. The van der Waals surface area contributed by atoms with Crippen molar-refractivity contribution < 1.29 is 24.2 Å². The Labute approximate surface area is 181 Å². The number of aliphatic carboxylic acids is 1. The Morgan fingerprint density at radius 1 is 1.00 bits per heavy atom. The molecular formula is C24H28N2O5. The molecule has 0 spiro atoms. The van der Waals surface area contributed by atoms with Crippen LogP contribution in [0.3, 0.4) is 0 Å². The van der Waals surface area contributed by atoms with Crippen molar-refractivity contribution >= 4 is 18.0 Å². The van der Waals surface area contributed by atoms with Crippen molar-refractivity contribution in [2.45, 2.75) is 51.1 Å². The number of amides is 2. The molecule has 3 N–H and O–H groups in total. The molecule has 0 bridgehead atoms. The second kappa shape index (κ2) is 10.1. The third-order valence-electron chi connectivity index (χ3n) is 5.53. The highest BCUT2D eigenvalue weighted by molar-refractivity contribution is 5.89. The quantitative estimate of drug-likeness (QED) is 0.570. The molecule has 2 aromatic carbocycles. The summed E-state index contributed by atoms with van der Waals surface area (Å²) in [4.78, 5) is 36.0. The van der Waals surface area contributed by atoms with E-state index < -0.39 is 30.1 Å². The molecule has 3 rings (SSSR count). The van der Waals surface area contributed by atoms with E-state index in [1.165, 1.54) is 6.92 Å². The molecule has 164 valence electrons. The van der Waals surface area contributed by atoms with Gasteiger partial charge >= 0.3 is 12.1 Å². The minimum atomic E-state index is -1.14. The van der Waals surface area contributed by atoms with Gasteiger partial charge in [-0.2, -0.15) is 0 Å². The minimum absolute atomic E-state index is 0.0758. The van der Waals surface area contributed by atoms with Crippen molar-refractivity contribution in [3.05, 3.63) is 59.7 Å². The zero-order valence-electron chi connectivity index (χ0n) is 17.8. The van der Waals surface area contributed by atoms with E-state index in [1.54, 1.807) is 0 Å². The van der Waals surface area contributed by atoms with Gasteiger partial charge in [0.2, 0.25) is 5.91 Å². The number of rotatable bonds is 9. The Kier molecular flexibility index (Phi) is 7.28. The average molecular weight is 424 g/mol. The SMILES string of the molecule is CCCC[C@H](NC(=O)OCC1c2ccccc2-c2ccccc21)C(=O)N[C@@H](C)C(=O)O. The van der Waals surface area contributed by atoms with Gasteiger partial charge < -0.3 is 20.5 Å². The molecule has 1 aliphatic carbocycles. The third kappa shape index (κ3) is 5.23. The molecule has 1 aliphatic rings. The van der Waals surface area contributed by atoms with Crippen molar-refractivity contribution in [2.75, 3.05) is 6.61 Å². The average Bonchev–Trinajstić information content (AvgIpc) is 3.08. The second-order valence-corrected chi connectivity index (χ2v) is 7.73. The van der Waals surface area contributed by atoms with Crippen LogP contribution in [0, 0.1) is 0 Å². The molecule has 2 aromatic rings. The molecule has 0 aromatic heterocycles. The highest BCUT2D eigenvalue weighted by Gasteiger charge is 2.30. The number of hydrogen-bond donors (Lipinski definition) is 3. The molecule has 7 heteroatoms. The first kappa shape index (κ1) is 22.3. The van der Waals surface area contributed by atoms with Gasteiger partial charge in [0.1, 0.15) is 18.7 Å². The summed E-state index contributed by atoms with van der Waals surface area (Å²) >= 11 is 0. The van der Waals surface area contributed by atoms with Crippen LogP contribution in [-0.2, 0) is 14.3 Å². The summed E-state index contributed by atoms with van der Waals surface area (Å²) in [7, 11) is 0. The zero-order chi connectivity index (χ0) is 22.4. The van der Waals surface area contributed by atoms with Crippen LogP contribution in [0.5, 0.6) is 0 Å². The maximum atomic E-state index is 12.5. The van der Waals surface area contributed by atoms with Crippen LogP contribution in [0.2, 0.25) is 0 Å². The van der Waals surface area contributed by atoms with Crippen molar-refractivity contribution in [3.63, 3.8) is 0 Å². The monoisotopic (exact) mass is 424 g/mol. The van der Waals surface area contributed by atoms with Crippen LogP contribution >= 0.6 is 0 Å². The number of nitrogens with one attached hydrogen (secondary N) is 2. The number of benzene rings is 2. The first-order valence-electron chi connectivity index (χ1n) is 10.6. The van der Waals surface area contributed by atoms with Gasteiger partial charge in [0, 0.05) is 5.92 Å². The Morgan fingerprint density at radius 2 is 1.58 bits per heavy atom. The fourth-order valence-electron chi connectivity index (χ4n) is 3.84. The Bertz CT molecular complexity index is 913.